The molecule has 0 atom stereocenters. The van der Waals surface area contributed by atoms with Gasteiger partial charge in [-0.3, -0.25) is 9.59 Å². The molecule has 2 amide bonds. The van der Waals surface area contributed by atoms with E-state index in [0.717, 1.165) is 57.3 Å². The lowest BCUT2D eigenvalue weighted by molar-refractivity contribution is -0.124. The van der Waals surface area contributed by atoms with E-state index in [1.54, 1.807) is 12.1 Å². The Kier molecular flexibility index (Phi) is 6.02. The summed E-state index contributed by atoms with van der Waals surface area (Å²) in [6, 6.07) is 7.24. The quantitative estimate of drug-likeness (QED) is 0.813. The van der Waals surface area contributed by atoms with Crippen LogP contribution in [0.5, 0.6) is 0 Å². The second-order valence-electron chi connectivity index (χ2n) is 6.85. The van der Waals surface area contributed by atoms with Gasteiger partial charge in [0.05, 0.1) is 0 Å². The molecule has 1 saturated carbocycles. The number of thiocarbonyl (C=S) groups is 1. The molecule has 2 aliphatic rings. The molecule has 1 saturated heterocycles. The lowest BCUT2D eigenvalue weighted by atomic mass is 9.89. The number of benzene rings is 1. The van der Waals surface area contributed by atoms with E-state index in [1.165, 1.54) is 6.42 Å². The standard InChI is InChI=1S/C19H25N3O2S/c23-17(14-6-2-1-3-7-14)21-19(25)20-16-10-8-15(9-11-16)18(24)22-12-4-5-13-22/h8-11,14H,1-7,12-13H2,(H2,20,21,23,25). The molecule has 0 aromatic heterocycles. The van der Waals surface area contributed by atoms with Crippen molar-refractivity contribution < 1.29 is 9.59 Å². The highest BCUT2D eigenvalue weighted by molar-refractivity contribution is 7.80. The Hall–Kier alpha value is -1.95. The van der Waals surface area contributed by atoms with E-state index in [-0.39, 0.29) is 17.7 Å². The summed E-state index contributed by atoms with van der Waals surface area (Å²) in [7, 11) is 0. The fourth-order valence-electron chi connectivity index (χ4n) is 3.54. The Balaban J connectivity index is 1.51. The monoisotopic (exact) mass is 359 g/mol. The summed E-state index contributed by atoms with van der Waals surface area (Å²) in [6.07, 6.45) is 7.51. The van der Waals surface area contributed by atoms with Crippen LogP contribution in [0.15, 0.2) is 24.3 Å². The van der Waals surface area contributed by atoms with Crippen molar-refractivity contribution in [1.82, 2.24) is 10.2 Å². The molecule has 1 heterocycles. The summed E-state index contributed by atoms with van der Waals surface area (Å²) >= 11 is 5.24. The van der Waals surface area contributed by atoms with Crippen LogP contribution in [0.3, 0.4) is 0 Å². The fourth-order valence-corrected chi connectivity index (χ4v) is 3.76. The van der Waals surface area contributed by atoms with Crippen molar-refractivity contribution in [1.29, 1.82) is 0 Å². The van der Waals surface area contributed by atoms with E-state index in [9.17, 15) is 9.59 Å². The van der Waals surface area contributed by atoms with E-state index in [0.29, 0.717) is 10.7 Å². The summed E-state index contributed by atoms with van der Waals surface area (Å²) in [6.45, 7) is 1.69. The maximum Gasteiger partial charge on any atom is 0.253 e. The van der Waals surface area contributed by atoms with Gasteiger partial charge in [0.25, 0.3) is 5.91 Å². The molecular formula is C19H25N3O2S. The number of carbonyl (C=O) groups is 2. The molecular weight excluding hydrogens is 334 g/mol. The predicted octanol–water partition coefficient (Wildman–Crippen LogP) is 3.32. The van der Waals surface area contributed by atoms with Crippen LogP contribution in [0, 0.1) is 5.92 Å². The molecule has 25 heavy (non-hydrogen) atoms. The number of likely N-dealkylation sites (tertiary alicyclic amines) is 1. The molecule has 2 N–H and O–H groups in total. The van der Waals surface area contributed by atoms with Gasteiger partial charge in [-0.2, -0.15) is 0 Å². The number of carbonyl (C=O) groups excluding carboxylic acids is 2. The second-order valence-corrected chi connectivity index (χ2v) is 7.26. The summed E-state index contributed by atoms with van der Waals surface area (Å²) < 4.78 is 0. The van der Waals surface area contributed by atoms with Crippen molar-refractivity contribution in [3.63, 3.8) is 0 Å². The zero-order valence-electron chi connectivity index (χ0n) is 14.4. The molecule has 0 bridgehead atoms. The van der Waals surface area contributed by atoms with Gasteiger partial charge in [-0.15, -0.1) is 0 Å². The summed E-state index contributed by atoms with van der Waals surface area (Å²) in [5, 5.41) is 6.12. The lowest BCUT2D eigenvalue weighted by Crippen LogP contribution is -2.39. The maximum atomic E-state index is 12.3. The van der Waals surface area contributed by atoms with Crippen LogP contribution in [0.4, 0.5) is 5.69 Å². The predicted molar refractivity (Wildman–Crippen MR) is 103 cm³/mol. The Morgan fingerprint density at radius 2 is 1.60 bits per heavy atom. The molecule has 1 aromatic carbocycles. The van der Waals surface area contributed by atoms with Gasteiger partial charge in [-0.25, -0.2) is 0 Å². The second kappa shape index (κ2) is 8.43. The lowest BCUT2D eigenvalue weighted by Gasteiger charge is -2.21. The van der Waals surface area contributed by atoms with Crippen molar-refractivity contribution >= 4 is 34.8 Å². The van der Waals surface area contributed by atoms with Gasteiger partial charge in [0.15, 0.2) is 5.11 Å². The normalized spacial score (nSPS) is 18.0. The number of hydrogen-bond donors (Lipinski definition) is 2. The van der Waals surface area contributed by atoms with Crippen molar-refractivity contribution in [3.8, 4) is 0 Å². The van der Waals surface area contributed by atoms with Crippen molar-refractivity contribution in [2.45, 2.75) is 44.9 Å². The fraction of sp³-hybridized carbons (Fsp3) is 0.526. The summed E-state index contributed by atoms with van der Waals surface area (Å²) in [4.78, 5) is 26.4. The molecule has 3 rings (SSSR count). The Labute approximate surface area is 154 Å². The molecule has 0 unspecified atom stereocenters. The highest BCUT2D eigenvalue weighted by Crippen LogP contribution is 2.23. The minimum Gasteiger partial charge on any atom is -0.339 e. The van der Waals surface area contributed by atoms with Crippen LogP contribution in [-0.2, 0) is 4.79 Å². The molecule has 1 aliphatic heterocycles. The number of nitrogens with one attached hydrogen (secondary N) is 2. The molecule has 1 aliphatic carbocycles. The summed E-state index contributed by atoms with van der Waals surface area (Å²) in [5.41, 5.74) is 1.46. The van der Waals surface area contributed by atoms with Gasteiger partial charge in [-0.1, -0.05) is 19.3 Å². The van der Waals surface area contributed by atoms with Crippen LogP contribution >= 0.6 is 12.2 Å². The third kappa shape index (κ3) is 4.78. The van der Waals surface area contributed by atoms with Crippen LogP contribution in [0.1, 0.15) is 55.3 Å². The maximum absolute atomic E-state index is 12.3. The first-order valence-electron chi connectivity index (χ1n) is 9.14. The van der Waals surface area contributed by atoms with Gasteiger partial charge >= 0.3 is 0 Å². The Bertz CT molecular complexity index is 633. The van der Waals surface area contributed by atoms with E-state index in [1.807, 2.05) is 17.0 Å². The molecule has 134 valence electrons. The highest BCUT2D eigenvalue weighted by atomic mass is 32.1. The largest absolute Gasteiger partial charge is 0.339 e. The van der Waals surface area contributed by atoms with Gasteiger partial charge in [-0.05, 0) is 62.2 Å². The first-order chi connectivity index (χ1) is 12.1. The van der Waals surface area contributed by atoms with Gasteiger partial charge < -0.3 is 15.5 Å². The molecule has 5 nitrogen and oxygen atoms in total. The topological polar surface area (TPSA) is 61.4 Å². The Morgan fingerprint density at radius 3 is 2.24 bits per heavy atom. The number of amides is 2. The smallest absolute Gasteiger partial charge is 0.253 e. The average Bonchev–Trinajstić information content (AvgIpc) is 3.17. The Morgan fingerprint density at radius 1 is 0.960 bits per heavy atom. The number of hydrogen-bond acceptors (Lipinski definition) is 3. The highest BCUT2D eigenvalue weighted by Gasteiger charge is 2.22. The molecule has 2 fully saturated rings. The average molecular weight is 359 g/mol. The van der Waals surface area contributed by atoms with E-state index < -0.39 is 0 Å². The van der Waals surface area contributed by atoms with Gasteiger partial charge in [0, 0.05) is 30.3 Å². The van der Waals surface area contributed by atoms with Crippen molar-refractivity contribution in [2.24, 2.45) is 5.92 Å². The minimum absolute atomic E-state index is 0.0121. The number of nitrogens with zero attached hydrogens (tertiary/aromatic N) is 1. The van der Waals surface area contributed by atoms with Gasteiger partial charge in [0.1, 0.15) is 0 Å². The number of anilines is 1. The zero-order valence-corrected chi connectivity index (χ0v) is 15.2. The van der Waals surface area contributed by atoms with E-state index in [2.05, 4.69) is 10.6 Å². The van der Waals surface area contributed by atoms with Crippen molar-refractivity contribution in [2.75, 3.05) is 18.4 Å². The minimum atomic E-state index is 0.0121. The molecule has 6 heteroatoms. The van der Waals surface area contributed by atoms with Crippen LogP contribution < -0.4 is 10.6 Å². The van der Waals surface area contributed by atoms with Crippen molar-refractivity contribution in [3.05, 3.63) is 29.8 Å². The van der Waals surface area contributed by atoms with E-state index >= 15 is 0 Å². The van der Waals surface area contributed by atoms with E-state index in [4.69, 9.17) is 12.2 Å². The molecule has 0 spiro atoms. The first-order valence-corrected chi connectivity index (χ1v) is 9.55. The third-order valence-electron chi connectivity index (χ3n) is 5.00. The number of rotatable bonds is 3. The SMILES string of the molecule is O=C(NC(=S)Nc1ccc(C(=O)N2CCCC2)cc1)C1CCCCC1. The van der Waals surface area contributed by atoms with Crippen LogP contribution in [0.25, 0.3) is 0 Å². The zero-order chi connectivity index (χ0) is 17.6. The van der Waals surface area contributed by atoms with Crippen LogP contribution in [-0.4, -0.2) is 34.9 Å². The molecule has 0 radical (unpaired) electrons. The molecule has 1 aromatic rings. The van der Waals surface area contributed by atoms with Crippen LogP contribution in [0.2, 0.25) is 0 Å². The van der Waals surface area contributed by atoms with Gasteiger partial charge in [0.2, 0.25) is 5.91 Å². The summed E-state index contributed by atoms with van der Waals surface area (Å²) in [5.74, 6) is 0.171. The third-order valence-corrected chi connectivity index (χ3v) is 5.20. The first kappa shape index (κ1) is 17.9.